The molecule has 0 heterocycles. The van der Waals surface area contributed by atoms with Crippen LogP contribution in [0.25, 0.3) is 0 Å². The molecule has 4 heteroatoms. The van der Waals surface area contributed by atoms with E-state index in [4.69, 9.17) is 11.6 Å². The van der Waals surface area contributed by atoms with Crippen molar-refractivity contribution in [3.63, 3.8) is 0 Å². The number of anilines is 1. The summed E-state index contributed by atoms with van der Waals surface area (Å²) < 4.78 is 13.6. The molecular weight excluding hydrogens is 265 g/mol. The van der Waals surface area contributed by atoms with E-state index in [-0.39, 0.29) is 12.4 Å². The van der Waals surface area contributed by atoms with E-state index in [1.165, 1.54) is 6.07 Å². The molecule has 2 rings (SSSR count). The minimum absolute atomic E-state index is 0.142. The summed E-state index contributed by atoms with van der Waals surface area (Å²) in [5, 5.41) is 9.90. The van der Waals surface area contributed by atoms with E-state index in [0.717, 1.165) is 5.69 Å². The van der Waals surface area contributed by atoms with Crippen LogP contribution in [0.15, 0.2) is 42.5 Å². The maximum Gasteiger partial charge on any atom is 0.128 e. The highest BCUT2D eigenvalue weighted by molar-refractivity contribution is 6.31. The number of aliphatic hydroxyl groups is 1. The van der Waals surface area contributed by atoms with E-state index >= 15 is 0 Å². The first-order valence-corrected chi connectivity index (χ1v) is 6.34. The Labute approximate surface area is 117 Å². The molecule has 2 nitrogen and oxygen atoms in total. The number of aliphatic hydroxyl groups excluding tert-OH is 1. The van der Waals surface area contributed by atoms with Crippen LogP contribution in [0.5, 0.6) is 0 Å². The lowest BCUT2D eigenvalue weighted by Crippen LogP contribution is -2.19. The van der Waals surface area contributed by atoms with Crippen molar-refractivity contribution < 1.29 is 9.50 Å². The summed E-state index contributed by atoms with van der Waals surface area (Å²) in [6, 6.07) is 12.1. The van der Waals surface area contributed by atoms with Crippen molar-refractivity contribution in [3.8, 4) is 0 Å². The molecule has 2 aromatic carbocycles. The Morgan fingerprint density at radius 1 is 1.16 bits per heavy atom. The molecule has 0 fully saturated rings. The highest BCUT2D eigenvalue weighted by Gasteiger charge is 2.11. The minimum atomic E-state index is -0.234. The number of hydrogen-bond acceptors (Lipinski definition) is 2. The molecule has 0 aliphatic carbocycles. The third-order valence-electron chi connectivity index (χ3n) is 3.03. The molecule has 19 heavy (non-hydrogen) atoms. The van der Waals surface area contributed by atoms with Gasteiger partial charge in [0.1, 0.15) is 5.82 Å². The minimum Gasteiger partial charge on any atom is -0.392 e. The zero-order chi connectivity index (χ0) is 13.8. The second-order valence-corrected chi connectivity index (χ2v) is 4.75. The average Bonchev–Trinajstić information content (AvgIpc) is 2.41. The van der Waals surface area contributed by atoms with Crippen LogP contribution in [0.1, 0.15) is 11.1 Å². The van der Waals surface area contributed by atoms with Crippen LogP contribution in [0.4, 0.5) is 10.1 Å². The van der Waals surface area contributed by atoms with Crippen LogP contribution < -0.4 is 4.90 Å². The van der Waals surface area contributed by atoms with Crippen LogP contribution in [-0.2, 0) is 13.2 Å². The molecule has 0 saturated heterocycles. The summed E-state index contributed by atoms with van der Waals surface area (Å²) in [5.74, 6) is -0.234. The third-order valence-corrected chi connectivity index (χ3v) is 3.38. The molecule has 1 N–H and O–H groups in total. The van der Waals surface area contributed by atoms with Gasteiger partial charge in [0, 0.05) is 35.4 Å². The molecule has 100 valence electrons. The summed E-state index contributed by atoms with van der Waals surface area (Å²) >= 11 is 6.05. The van der Waals surface area contributed by atoms with Crippen molar-refractivity contribution in [1.29, 1.82) is 0 Å². The molecule has 0 unspecified atom stereocenters. The zero-order valence-electron chi connectivity index (χ0n) is 10.6. The molecule has 0 aliphatic heterocycles. The third kappa shape index (κ3) is 3.06. The van der Waals surface area contributed by atoms with Gasteiger partial charge >= 0.3 is 0 Å². The van der Waals surface area contributed by atoms with E-state index < -0.39 is 0 Å². The summed E-state index contributed by atoms with van der Waals surface area (Å²) in [7, 11) is 1.84. The predicted molar refractivity (Wildman–Crippen MR) is 75.9 cm³/mol. The Balaban J connectivity index is 2.28. The standard InChI is InChI=1S/C15H15ClFNO/c1-18(9-11-5-2-3-7-14(11)17)15-8-4-6-13(16)12(15)10-19/h2-8,19H,9-10H2,1H3. The number of rotatable bonds is 4. The predicted octanol–water partition coefficient (Wildman–Crippen LogP) is 3.61. The Morgan fingerprint density at radius 3 is 2.58 bits per heavy atom. The molecule has 0 bridgehead atoms. The lowest BCUT2D eigenvalue weighted by atomic mass is 10.1. The highest BCUT2D eigenvalue weighted by atomic mass is 35.5. The van der Waals surface area contributed by atoms with Crippen LogP contribution in [-0.4, -0.2) is 12.2 Å². The van der Waals surface area contributed by atoms with Crippen molar-refractivity contribution in [2.24, 2.45) is 0 Å². The van der Waals surface area contributed by atoms with Crippen LogP contribution in [0.3, 0.4) is 0 Å². The lowest BCUT2D eigenvalue weighted by Gasteiger charge is -2.23. The number of benzene rings is 2. The molecular formula is C15H15ClFNO. The molecule has 0 spiro atoms. The van der Waals surface area contributed by atoms with Crippen molar-refractivity contribution in [2.45, 2.75) is 13.2 Å². The smallest absolute Gasteiger partial charge is 0.128 e. The fraction of sp³-hybridized carbons (Fsp3) is 0.200. The largest absolute Gasteiger partial charge is 0.392 e. The van der Waals surface area contributed by atoms with Gasteiger partial charge in [-0.2, -0.15) is 0 Å². The van der Waals surface area contributed by atoms with E-state index in [9.17, 15) is 9.50 Å². The number of halogens is 2. The van der Waals surface area contributed by atoms with Gasteiger partial charge in [-0.1, -0.05) is 35.9 Å². The van der Waals surface area contributed by atoms with E-state index in [1.807, 2.05) is 24.1 Å². The van der Waals surface area contributed by atoms with Crippen LogP contribution in [0, 0.1) is 5.82 Å². The Bertz CT molecular complexity index is 574. The van der Waals surface area contributed by atoms with Crippen molar-refractivity contribution in [2.75, 3.05) is 11.9 Å². The summed E-state index contributed by atoms with van der Waals surface area (Å²) in [6.45, 7) is 0.274. The average molecular weight is 280 g/mol. The Kier molecular flexibility index (Phi) is 4.40. The summed E-state index contributed by atoms with van der Waals surface area (Å²) in [4.78, 5) is 1.87. The van der Waals surface area contributed by atoms with Gasteiger partial charge in [-0.3, -0.25) is 0 Å². The number of nitrogens with zero attached hydrogens (tertiary/aromatic N) is 1. The first kappa shape index (κ1) is 13.8. The van der Waals surface area contributed by atoms with Gasteiger partial charge in [-0.15, -0.1) is 0 Å². The van der Waals surface area contributed by atoms with Crippen molar-refractivity contribution in [3.05, 3.63) is 64.4 Å². The highest BCUT2D eigenvalue weighted by Crippen LogP contribution is 2.28. The molecule has 0 saturated carbocycles. The maximum absolute atomic E-state index is 13.6. The second-order valence-electron chi connectivity index (χ2n) is 4.34. The first-order valence-electron chi connectivity index (χ1n) is 5.96. The normalized spacial score (nSPS) is 10.5. The van der Waals surface area contributed by atoms with Gasteiger partial charge in [-0.25, -0.2) is 4.39 Å². The monoisotopic (exact) mass is 279 g/mol. The van der Waals surface area contributed by atoms with Gasteiger partial charge in [0.2, 0.25) is 0 Å². The molecule has 0 atom stereocenters. The molecule has 0 aromatic heterocycles. The van der Waals surface area contributed by atoms with E-state index in [1.54, 1.807) is 24.3 Å². The Morgan fingerprint density at radius 2 is 1.89 bits per heavy atom. The van der Waals surface area contributed by atoms with Gasteiger partial charge in [0.05, 0.1) is 6.61 Å². The zero-order valence-corrected chi connectivity index (χ0v) is 11.4. The fourth-order valence-corrected chi connectivity index (χ4v) is 2.26. The maximum atomic E-state index is 13.6. The first-order chi connectivity index (χ1) is 9.13. The topological polar surface area (TPSA) is 23.5 Å². The number of hydrogen-bond donors (Lipinski definition) is 1. The van der Waals surface area contributed by atoms with Gasteiger partial charge < -0.3 is 10.0 Å². The van der Waals surface area contributed by atoms with Crippen LogP contribution in [0.2, 0.25) is 5.02 Å². The lowest BCUT2D eigenvalue weighted by molar-refractivity contribution is 0.282. The summed E-state index contributed by atoms with van der Waals surface area (Å²) in [5.41, 5.74) is 2.06. The molecule has 0 amide bonds. The van der Waals surface area contributed by atoms with Gasteiger partial charge in [0.15, 0.2) is 0 Å². The quantitative estimate of drug-likeness (QED) is 0.924. The Hall–Kier alpha value is -1.58. The second kappa shape index (κ2) is 6.04. The van der Waals surface area contributed by atoms with E-state index in [0.29, 0.717) is 22.7 Å². The summed E-state index contributed by atoms with van der Waals surface area (Å²) in [6.07, 6.45) is 0. The SMILES string of the molecule is CN(Cc1ccccc1F)c1cccc(Cl)c1CO. The molecule has 0 radical (unpaired) electrons. The van der Waals surface area contributed by atoms with Crippen LogP contribution >= 0.6 is 11.6 Å². The molecule has 2 aromatic rings. The molecule has 0 aliphatic rings. The van der Waals surface area contributed by atoms with Gasteiger partial charge in [0.25, 0.3) is 0 Å². The van der Waals surface area contributed by atoms with Crippen molar-refractivity contribution in [1.82, 2.24) is 0 Å². The van der Waals surface area contributed by atoms with Crippen molar-refractivity contribution >= 4 is 17.3 Å². The van der Waals surface area contributed by atoms with E-state index in [2.05, 4.69) is 0 Å². The fourth-order valence-electron chi connectivity index (χ4n) is 2.03. The van der Waals surface area contributed by atoms with Gasteiger partial charge in [-0.05, 0) is 18.2 Å².